The number of nitrogens with zero attached hydrogens (tertiary/aromatic N) is 2. The summed E-state index contributed by atoms with van der Waals surface area (Å²) in [4.78, 5) is 15.6. The molecular formula is C21H29F3N2O4. The van der Waals surface area contributed by atoms with Crippen LogP contribution in [-0.2, 0) is 27.0 Å². The maximum atomic E-state index is 12.8. The van der Waals surface area contributed by atoms with E-state index in [1.807, 2.05) is 0 Å². The van der Waals surface area contributed by atoms with Gasteiger partial charge in [-0.05, 0) is 30.5 Å². The average molecular weight is 430 g/mol. The fourth-order valence-electron chi connectivity index (χ4n) is 4.04. The second kappa shape index (κ2) is 9.64. The van der Waals surface area contributed by atoms with Crippen LogP contribution in [0.5, 0.6) is 0 Å². The lowest BCUT2D eigenvalue weighted by Crippen LogP contribution is -2.55. The highest BCUT2D eigenvalue weighted by Gasteiger charge is 2.38. The van der Waals surface area contributed by atoms with Crippen LogP contribution in [0.4, 0.5) is 13.2 Å². The summed E-state index contributed by atoms with van der Waals surface area (Å²) in [5.41, 5.74) is 0.0555. The summed E-state index contributed by atoms with van der Waals surface area (Å²) in [5.74, 6) is 0.00208. The number of β-amino-alcohol motifs (C(OH)–C–C–N with tert-alkyl or cyclic N) is 1. The van der Waals surface area contributed by atoms with E-state index in [1.165, 1.54) is 17.0 Å². The SMILES string of the molecule is CN(C)C(=O)C[C@@H]1CC[C@@H]2[C@H](COC[C@H](O)CN2Cc2ccc(C(F)(F)F)cc2)O1. The molecule has 6 nitrogen and oxygen atoms in total. The normalized spacial score (nSPS) is 28.3. The summed E-state index contributed by atoms with van der Waals surface area (Å²) in [5, 5.41) is 10.2. The molecular weight excluding hydrogens is 401 g/mol. The molecule has 0 spiro atoms. The number of carbonyl (C=O) groups is 1. The van der Waals surface area contributed by atoms with Gasteiger partial charge in [0.05, 0.1) is 43.5 Å². The van der Waals surface area contributed by atoms with Gasteiger partial charge in [0.25, 0.3) is 0 Å². The van der Waals surface area contributed by atoms with Gasteiger partial charge in [-0.2, -0.15) is 13.2 Å². The number of alkyl halides is 3. The molecule has 1 N–H and O–H groups in total. The van der Waals surface area contributed by atoms with E-state index in [0.717, 1.165) is 24.1 Å². The summed E-state index contributed by atoms with van der Waals surface area (Å²) in [6.07, 6.45) is -3.75. The van der Waals surface area contributed by atoms with Crippen molar-refractivity contribution < 1.29 is 32.5 Å². The number of carbonyl (C=O) groups excluding carboxylic acids is 1. The van der Waals surface area contributed by atoms with Crippen LogP contribution < -0.4 is 0 Å². The number of amides is 1. The average Bonchev–Trinajstić information content (AvgIpc) is 2.66. The molecule has 1 aromatic rings. The Morgan fingerprint density at radius 1 is 1.20 bits per heavy atom. The van der Waals surface area contributed by atoms with Crippen molar-refractivity contribution in [2.75, 3.05) is 33.9 Å². The van der Waals surface area contributed by atoms with Gasteiger partial charge in [0.1, 0.15) is 0 Å². The molecule has 1 aromatic carbocycles. The van der Waals surface area contributed by atoms with Gasteiger partial charge in [-0.25, -0.2) is 0 Å². The second-order valence-electron chi connectivity index (χ2n) is 8.25. The molecule has 9 heteroatoms. The van der Waals surface area contributed by atoms with Crippen molar-refractivity contribution in [1.82, 2.24) is 9.80 Å². The Balaban J connectivity index is 1.70. The van der Waals surface area contributed by atoms with E-state index in [1.54, 1.807) is 14.1 Å². The van der Waals surface area contributed by atoms with Crippen LogP contribution >= 0.6 is 0 Å². The molecule has 0 bridgehead atoms. The lowest BCUT2D eigenvalue weighted by atomic mass is 9.94. The predicted molar refractivity (Wildman–Crippen MR) is 104 cm³/mol. The van der Waals surface area contributed by atoms with E-state index < -0.39 is 17.8 Å². The quantitative estimate of drug-likeness (QED) is 0.794. The maximum Gasteiger partial charge on any atom is 0.416 e. The van der Waals surface area contributed by atoms with Crippen molar-refractivity contribution in [1.29, 1.82) is 0 Å². The van der Waals surface area contributed by atoms with Gasteiger partial charge in [-0.1, -0.05) is 12.1 Å². The second-order valence-corrected chi connectivity index (χ2v) is 8.25. The van der Waals surface area contributed by atoms with E-state index >= 15 is 0 Å². The van der Waals surface area contributed by atoms with Crippen LogP contribution in [0.15, 0.2) is 24.3 Å². The largest absolute Gasteiger partial charge is 0.416 e. The van der Waals surface area contributed by atoms with Crippen LogP contribution in [0.25, 0.3) is 0 Å². The number of hydrogen-bond acceptors (Lipinski definition) is 5. The third kappa shape index (κ3) is 5.94. The Kier molecular flexibility index (Phi) is 7.38. The molecule has 0 aromatic heterocycles. The zero-order chi connectivity index (χ0) is 21.9. The zero-order valence-corrected chi connectivity index (χ0v) is 17.3. The van der Waals surface area contributed by atoms with E-state index in [-0.39, 0.29) is 30.8 Å². The molecule has 2 saturated heterocycles. The van der Waals surface area contributed by atoms with E-state index in [9.17, 15) is 23.1 Å². The van der Waals surface area contributed by atoms with Gasteiger partial charge < -0.3 is 19.5 Å². The number of aliphatic hydroxyl groups is 1. The number of halogens is 3. The summed E-state index contributed by atoms with van der Waals surface area (Å²) < 4.78 is 50.2. The summed E-state index contributed by atoms with van der Waals surface area (Å²) in [6.45, 7) is 1.21. The Morgan fingerprint density at radius 2 is 1.90 bits per heavy atom. The fourth-order valence-corrected chi connectivity index (χ4v) is 4.04. The smallest absolute Gasteiger partial charge is 0.389 e. The molecule has 0 radical (unpaired) electrons. The Hall–Kier alpha value is -1.68. The molecule has 3 rings (SSSR count). The molecule has 2 heterocycles. The predicted octanol–water partition coefficient (Wildman–Crippen LogP) is 2.29. The number of aliphatic hydroxyl groups excluding tert-OH is 1. The van der Waals surface area contributed by atoms with Gasteiger partial charge in [-0.3, -0.25) is 9.69 Å². The van der Waals surface area contributed by atoms with Crippen molar-refractivity contribution in [2.24, 2.45) is 0 Å². The van der Waals surface area contributed by atoms with Gasteiger partial charge in [-0.15, -0.1) is 0 Å². The molecule has 2 aliphatic rings. The van der Waals surface area contributed by atoms with Crippen molar-refractivity contribution in [2.45, 2.75) is 56.3 Å². The number of fused-ring (bicyclic) bond motifs is 1. The first kappa shape index (κ1) is 23.0. The summed E-state index contributed by atoms with van der Waals surface area (Å²) >= 11 is 0. The third-order valence-corrected chi connectivity index (χ3v) is 5.66. The van der Waals surface area contributed by atoms with Crippen LogP contribution in [0.3, 0.4) is 0 Å². The molecule has 0 saturated carbocycles. The molecule has 1 amide bonds. The molecule has 30 heavy (non-hydrogen) atoms. The molecule has 2 aliphatic heterocycles. The molecule has 4 atom stereocenters. The van der Waals surface area contributed by atoms with Gasteiger partial charge in [0.15, 0.2) is 0 Å². The van der Waals surface area contributed by atoms with Gasteiger partial charge in [0, 0.05) is 33.2 Å². The van der Waals surface area contributed by atoms with Crippen LogP contribution in [0.1, 0.15) is 30.4 Å². The number of benzene rings is 1. The Bertz CT molecular complexity index is 711. The monoisotopic (exact) mass is 430 g/mol. The standard InChI is InChI=1S/C21H29F3N2O4/c1-25(2)20(28)9-17-7-8-18-19(30-17)13-29-12-16(27)11-26(18)10-14-3-5-15(6-4-14)21(22,23)24/h3-6,16-19,27H,7-13H2,1-2H3/t16-,17+,18-,19+/m1/s1. The zero-order valence-electron chi connectivity index (χ0n) is 17.3. The lowest BCUT2D eigenvalue weighted by molar-refractivity contribution is -0.160. The maximum absolute atomic E-state index is 12.8. The summed E-state index contributed by atoms with van der Waals surface area (Å²) in [6, 6.07) is 5.06. The molecule has 0 aliphatic carbocycles. The highest BCUT2D eigenvalue weighted by Crippen LogP contribution is 2.31. The Morgan fingerprint density at radius 3 is 2.53 bits per heavy atom. The van der Waals surface area contributed by atoms with E-state index in [4.69, 9.17) is 9.47 Å². The van der Waals surface area contributed by atoms with Crippen molar-refractivity contribution >= 4 is 5.91 Å². The van der Waals surface area contributed by atoms with E-state index in [2.05, 4.69) is 4.90 Å². The fraction of sp³-hybridized carbons (Fsp3) is 0.667. The number of hydrogen-bond donors (Lipinski definition) is 1. The van der Waals surface area contributed by atoms with Gasteiger partial charge in [0.2, 0.25) is 5.91 Å². The Labute approximate surface area is 174 Å². The van der Waals surface area contributed by atoms with E-state index in [0.29, 0.717) is 32.5 Å². The van der Waals surface area contributed by atoms with Crippen molar-refractivity contribution in [3.05, 3.63) is 35.4 Å². The van der Waals surface area contributed by atoms with Crippen LogP contribution in [0.2, 0.25) is 0 Å². The van der Waals surface area contributed by atoms with Crippen molar-refractivity contribution in [3.63, 3.8) is 0 Å². The highest BCUT2D eigenvalue weighted by molar-refractivity contribution is 5.76. The topological polar surface area (TPSA) is 62.2 Å². The number of ether oxygens (including phenoxy) is 2. The first-order valence-corrected chi connectivity index (χ1v) is 10.1. The highest BCUT2D eigenvalue weighted by atomic mass is 19.4. The first-order chi connectivity index (χ1) is 14.1. The molecule has 2 fully saturated rings. The molecule has 0 unspecified atom stereocenters. The minimum absolute atomic E-state index is 0.00208. The first-order valence-electron chi connectivity index (χ1n) is 10.1. The third-order valence-electron chi connectivity index (χ3n) is 5.66. The van der Waals surface area contributed by atoms with Gasteiger partial charge >= 0.3 is 6.18 Å². The van der Waals surface area contributed by atoms with Crippen molar-refractivity contribution in [3.8, 4) is 0 Å². The number of rotatable bonds is 4. The lowest BCUT2D eigenvalue weighted by Gasteiger charge is -2.44. The summed E-state index contributed by atoms with van der Waals surface area (Å²) in [7, 11) is 3.42. The minimum Gasteiger partial charge on any atom is -0.389 e. The van der Waals surface area contributed by atoms with Crippen LogP contribution in [-0.4, -0.2) is 79.0 Å². The minimum atomic E-state index is -4.37. The molecule has 168 valence electrons. The van der Waals surface area contributed by atoms with Crippen LogP contribution in [0, 0.1) is 0 Å².